The molecule has 0 atom stereocenters. The molecule has 0 bridgehead atoms. The van der Waals surface area contributed by atoms with E-state index >= 15 is 0 Å². The van der Waals surface area contributed by atoms with Crippen molar-refractivity contribution in [2.45, 2.75) is 38.9 Å². The Morgan fingerprint density at radius 2 is 1.50 bits per heavy atom. The van der Waals surface area contributed by atoms with Crippen LogP contribution in [0.4, 0.5) is 0 Å². The summed E-state index contributed by atoms with van der Waals surface area (Å²) in [4.78, 5) is 0. The smallest absolute Gasteiger partial charge is 0.487 e. The lowest BCUT2D eigenvalue weighted by Crippen LogP contribution is -2.41. The van der Waals surface area contributed by atoms with Crippen LogP contribution in [0.15, 0.2) is 30.2 Å². The summed E-state index contributed by atoms with van der Waals surface area (Å²) in [5.74, 6) is 2.16. The van der Waals surface area contributed by atoms with Crippen LogP contribution < -0.4 is 0 Å². The average molecular weight is 246 g/mol. The minimum Gasteiger partial charge on any atom is -0.508 e. The zero-order valence-electron chi connectivity index (χ0n) is 11.3. The molecular weight excluding hydrogens is 227 g/mol. The number of hydrogen-bond donors (Lipinski definition) is 1. The van der Waals surface area contributed by atoms with Crippen LogP contribution in [0, 0.1) is 0 Å². The van der Waals surface area contributed by atoms with E-state index < -0.39 is 0 Å². The van der Waals surface area contributed by atoms with Gasteiger partial charge in [-0.2, -0.15) is 0 Å². The van der Waals surface area contributed by atoms with Crippen LogP contribution in [0.5, 0.6) is 5.75 Å². The highest BCUT2D eigenvalue weighted by Gasteiger charge is 2.49. The normalized spacial score (nSPS) is 21.7. The van der Waals surface area contributed by atoms with Crippen molar-refractivity contribution >= 4 is 13.2 Å². The van der Waals surface area contributed by atoms with Crippen molar-refractivity contribution in [1.82, 2.24) is 0 Å². The third-order valence-corrected chi connectivity index (χ3v) is 3.61. The standard InChI is InChI=1S/C14H19BO3/c1-13(2)14(3,4)18-15(17-13)10-9-11-5-7-12(16)8-6-11/h5-10,16H,1-4H3. The number of aromatic hydroxyl groups is 1. The van der Waals surface area contributed by atoms with E-state index in [0.29, 0.717) is 0 Å². The van der Waals surface area contributed by atoms with Gasteiger partial charge in [0, 0.05) is 0 Å². The van der Waals surface area contributed by atoms with E-state index in [1.165, 1.54) is 0 Å². The number of phenolic OH excluding ortho intramolecular Hbond substituents is 1. The van der Waals surface area contributed by atoms with Crippen LogP contribution in [0.25, 0.3) is 6.08 Å². The predicted octanol–water partition coefficient (Wildman–Crippen LogP) is 3.04. The first-order chi connectivity index (χ1) is 8.30. The maximum absolute atomic E-state index is 9.20. The summed E-state index contributed by atoms with van der Waals surface area (Å²) in [5, 5.41) is 9.20. The molecule has 3 nitrogen and oxygen atoms in total. The SMILES string of the molecule is CC1(C)OB(C=Cc2ccc(O)cc2)OC1(C)C. The van der Waals surface area contributed by atoms with Gasteiger partial charge in [0.1, 0.15) is 5.75 Å². The molecule has 0 aromatic heterocycles. The fourth-order valence-electron chi connectivity index (χ4n) is 1.74. The summed E-state index contributed by atoms with van der Waals surface area (Å²) in [5.41, 5.74) is 0.385. The fraction of sp³-hybridized carbons (Fsp3) is 0.429. The topological polar surface area (TPSA) is 38.7 Å². The molecule has 0 unspecified atom stereocenters. The Balaban J connectivity index is 2.06. The van der Waals surface area contributed by atoms with Crippen LogP contribution >= 0.6 is 0 Å². The highest BCUT2D eigenvalue weighted by Crippen LogP contribution is 2.37. The number of hydrogen-bond acceptors (Lipinski definition) is 3. The first kappa shape index (κ1) is 13.2. The van der Waals surface area contributed by atoms with Gasteiger partial charge >= 0.3 is 7.12 Å². The Labute approximate surface area is 109 Å². The van der Waals surface area contributed by atoms with E-state index in [1.54, 1.807) is 12.1 Å². The maximum Gasteiger partial charge on any atom is 0.487 e. The molecule has 18 heavy (non-hydrogen) atoms. The number of phenols is 1. The maximum atomic E-state index is 9.20. The van der Waals surface area contributed by atoms with Gasteiger partial charge in [0.25, 0.3) is 0 Å². The predicted molar refractivity (Wildman–Crippen MR) is 73.2 cm³/mol. The molecule has 0 saturated carbocycles. The van der Waals surface area contributed by atoms with E-state index in [-0.39, 0.29) is 24.1 Å². The zero-order valence-corrected chi connectivity index (χ0v) is 11.3. The van der Waals surface area contributed by atoms with E-state index in [4.69, 9.17) is 9.31 Å². The van der Waals surface area contributed by atoms with Gasteiger partial charge < -0.3 is 14.4 Å². The largest absolute Gasteiger partial charge is 0.508 e. The molecule has 1 aliphatic rings. The average Bonchev–Trinajstić information content (AvgIpc) is 2.47. The van der Waals surface area contributed by atoms with Crippen LogP contribution in [0.3, 0.4) is 0 Å². The van der Waals surface area contributed by atoms with Gasteiger partial charge in [0.2, 0.25) is 0 Å². The number of rotatable bonds is 2. The van der Waals surface area contributed by atoms with Gasteiger partial charge in [0.05, 0.1) is 11.2 Å². The minimum atomic E-state index is -0.330. The second kappa shape index (κ2) is 4.45. The van der Waals surface area contributed by atoms with Gasteiger partial charge in [-0.1, -0.05) is 24.2 Å². The van der Waals surface area contributed by atoms with Crippen LogP contribution in [0.2, 0.25) is 0 Å². The van der Waals surface area contributed by atoms with E-state index in [0.717, 1.165) is 5.56 Å². The summed E-state index contributed by atoms with van der Waals surface area (Å²) >= 11 is 0. The fourth-order valence-corrected chi connectivity index (χ4v) is 1.74. The Bertz CT molecular complexity index is 433. The molecule has 96 valence electrons. The molecular formula is C14H19BO3. The molecule has 2 rings (SSSR count). The second-order valence-corrected chi connectivity index (χ2v) is 5.58. The lowest BCUT2D eigenvalue weighted by molar-refractivity contribution is 0.00578. The van der Waals surface area contributed by atoms with Gasteiger partial charge in [-0.15, -0.1) is 0 Å². The van der Waals surface area contributed by atoms with Crippen molar-refractivity contribution in [3.63, 3.8) is 0 Å². The van der Waals surface area contributed by atoms with Crippen molar-refractivity contribution < 1.29 is 14.4 Å². The van der Waals surface area contributed by atoms with Gasteiger partial charge in [-0.05, 0) is 45.4 Å². The van der Waals surface area contributed by atoms with Crippen molar-refractivity contribution in [3.05, 3.63) is 35.8 Å². The molecule has 1 N–H and O–H groups in total. The van der Waals surface area contributed by atoms with Crippen LogP contribution in [0.1, 0.15) is 33.3 Å². The molecule has 0 aliphatic carbocycles. The third kappa shape index (κ3) is 2.60. The van der Waals surface area contributed by atoms with Crippen molar-refractivity contribution in [3.8, 4) is 5.75 Å². The minimum absolute atomic E-state index is 0.266. The first-order valence-corrected chi connectivity index (χ1v) is 6.13. The molecule has 1 saturated heterocycles. The van der Waals surface area contributed by atoms with Gasteiger partial charge in [-0.25, -0.2) is 0 Å². The summed E-state index contributed by atoms with van der Waals surface area (Å²) in [7, 11) is -0.330. The van der Waals surface area contributed by atoms with Crippen LogP contribution in [-0.2, 0) is 9.31 Å². The van der Waals surface area contributed by atoms with E-state index in [1.807, 2.05) is 51.9 Å². The Morgan fingerprint density at radius 1 is 1.00 bits per heavy atom. The van der Waals surface area contributed by atoms with E-state index in [2.05, 4.69) is 0 Å². The molecule has 1 aromatic rings. The molecule has 1 heterocycles. The highest BCUT2D eigenvalue weighted by molar-refractivity contribution is 6.52. The van der Waals surface area contributed by atoms with Crippen molar-refractivity contribution in [2.24, 2.45) is 0 Å². The summed E-state index contributed by atoms with van der Waals surface area (Å²) in [6.07, 6.45) is 1.93. The Morgan fingerprint density at radius 3 is 2.00 bits per heavy atom. The second-order valence-electron chi connectivity index (χ2n) is 5.58. The quantitative estimate of drug-likeness (QED) is 0.815. The molecule has 4 heteroatoms. The Hall–Kier alpha value is -1.26. The zero-order chi connectivity index (χ0) is 13.4. The lowest BCUT2D eigenvalue weighted by Gasteiger charge is -2.32. The summed E-state index contributed by atoms with van der Waals surface area (Å²) in [6, 6.07) is 7.00. The monoisotopic (exact) mass is 246 g/mol. The van der Waals surface area contributed by atoms with Crippen molar-refractivity contribution in [2.75, 3.05) is 0 Å². The van der Waals surface area contributed by atoms with Crippen LogP contribution in [-0.4, -0.2) is 23.4 Å². The summed E-state index contributed by atoms with van der Waals surface area (Å²) in [6.45, 7) is 8.12. The molecule has 0 radical (unpaired) electrons. The molecule has 1 fully saturated rings. The molecule has 0 spiro atoms. The molecule has 1 aromatic carbocycles. The Kier molecular flexibility index (Phi) is 3.26. The van der Waals surface area contributed by atoms with Gasteiger partial charge in [-0.3, -0.25) is 0 Å². The number of benzene rings is 1. The van der Waals surface area contributed by atoms with E-state index in [9.17, 15) is 5.11 Å². The molecule has 0 amide bonds. The molecule has 1 aliphatic heterocycles. The van der Waals surface area contributed by atoms with Gasteiger partial charge in [0.15, 0.2) is 0 Å². The lowest BCUT2D eigenvalue weighted by atomic mass is 9.89. The van der Waals surface area contributed by atoms with Crippen molar-refractivity contribution in [1.29, 1.82) is 0 Å². The first-order valence-electron chi connectivity index (χ1n) is 6.13. The summed E-state index contributed by atoms with van der Waals surface area (Å²) < 4.78 is 11.7. The highest BCUT2D eigenvalue weighted by atomic mass is 16.7. The third-order valence-electron chi connectivity index (χ3n) is 3.61.